The Balaban J connectivity index is 1.63. The van der Waals surface area contributed by atoms with Crippen molar-refractivity contribution in [2.75, 3.05) is 31.1 Å². The van der Waals surface area contributed by atoms with Crippen molar-refractivity contribution in [2.45, 2.75) is 13.5 Å². The third kappa shape index (κ3) is 3.53. The van der Waals surface area contributed by atoms with Gasteiger partial charge in [-0.15, -0.1) is 0 Å². The number of hydrogen-bond acceptors (Lipinski definition) is 5. The van der Waals surface area contributed by atoms with Crippen molar-refractivity contribution in [1.82, 2.24) is 4.90 Å². The first-order chi connectivity index (χ1) is 11.0. The lowest BCUT2D eigenvalue weighted by Gasteiger charge is -2.35. The molecular formula is C17H19FN2O3. The minimum Gasteiger partial charge on any atom is -0.502 e. The van der Waals surface area contributed by atoms with Gasteiger partial charge in [0.15, 0.2) is 5.76 Å². The summed E-state index contributed by atoms with van der Waals surface area (Å²) in [6.07, 6.45) is 0. The van der Waals surface area contributed by atoms with Gasteiger partial charge in [0, 0.05) is 37.9 Å². The van der Waals surface area contributed by atoms with Crippen molar-refractivity contribution in [2.24, 2.45) is 0 Å². The molecule has 0 spiro atoms. The molecule has 0 atom stereocenters. The van der Waals surface area contributed by atoms with Crippen LogP contribution in [0.5, 0.6) is 5.75 Å². The summed E-state index contributed by atoms with van der Waals surface area (Å²) in [4.78, 5) is 15.9. The molecule has 6 heteroatoms. The van der Waals surface area contributed by atoms with E-state index < -0.39 is 5.43 Å². The maximum Gasteiger partial charge on any atom is 0.227 e. The van der Waals surface area contributed by atoms with Gasteiger partial charge in [0.2, 0.25) is 11.2 Å². The van der Waals surface area contributed by atoms with Crippen LogP contribution in [0, 0.1) is 12.7 Å². The first-order valence-electron chi connectivity index (χ1n) is 7.58. The highest BCUT2D eigenvalue weighted by Crippen LogP contribution is 2.20. The molecule has 3 rings (SSSR count). The zero-order valence-corrected chi connectivity index (χ0v) is 13.0. The summed E-state index contributed by atoms with van der Waals surface area (Å²) in [5.41, 5.74) is 0.588. The maximum absolute atomic E-state index is 13.0. The van der Waals surface area contributed by atoms with Crippen molar-refractivity contribution in [3.8, 4) is 5.75 Å². The van der Waals surface area contributed by atoms with Gasteiger partial charge in [0.25, 0.3) is 0 Å². The Labute approximate surface area is 133 Å². The highest BCUT2D eigenvalue weighted by atomic mass is 19.1. The molecule has 5 nitrogen and oxygen atoms in total. The van der Waals surface area contributed by atoms with Crippen LogP contribution >= 0.6 is 0 Å². The lowest BCUT2D eigenvalue weighted by atomic mass is 10.2. The first-order valence-corrected chi connectivity index (χ1v) is 7.58. The fourth-order valence-electron chi connectivity index (χ4n) is 2.79. The van der Waals surface area contributed by atoms with Crippen LogP contribution in [0.3, 0.4) is 0 Å². The zero-order chi connectivity index (χ0) is 16.4. The third-order valence-corrected chi connectivity index (χ3v) is 4.05. The van der Waals surface area contributed by atoms with E-state index in [0.29, 0.717) is 18.1 Å². The van der Waals surface area contributed by atoms with Gasteiger partial charge in [-0.1, -0.05) is 0 Å². The van der Waals surface area contributed by atoms with Gasteiger partial charge in [0.05, 0.1) is 6.54 Å². The Morgan fingerprint density at radius 2 is 1.83 bits per heavy atom. The molecule has 2 aromatic rings. The highest BCUT2D eigenvalue weighted by molar-refractivity contribution is 5.46. The largest absolute Gasteiger partial charge is 0.502 e. The number of hydrogen-bond donors (Lipinski definition) is 1. The molecule has 0 bridgehead atoms. The van der Waals surface area contributed by atoms with Crippen molar-refractivity contribution in [3.05, 3.63) is 57.9 Å². The minimum absolute atomic E-state index is 0.239. The second-order valence-corrected chi connectivity index (χ2v) is 5.73. The van der Waals surface area contributed by atoms with Crippen LogP contribution in [0.4, 0.5) is 10.1 Å². The fraction of sp³-hybridized carbons (Fsp3) is 0.353. The number of halogens is 1. The van der Waals surface area contributed by atoms with E-state index >= 15 is 0 Å². The summed E-state index contributed by atoms with van der Waals surface area (Å²) in [6, 6.07) is 7.75. The van der Waals surface area contributed by atoms with Gasteiger partial charge in [-0.3, -0.25) is 9.69 Å². The van der Waals surface area contributed by atoms with Crippen LogP contribution in [0.15, 0.2) is 39.5 Å². The molecule has 1 aliphatic heterocycles. The molecule has 1 N–H and O–H groups in total. The molecule has 23 heavy (non-hydrogen) atoms. The second kappa shape index (κ2) is 6.42. The highest BCUT2D eigenvalue weighted by Gasteiger charge is 2.20. The Kier molecular flexibility index (Phi) is 4.34. The Morgan fingerprint density at radius 3 is 2.48 bits per heavy atom. The number of benzene rings is 1. The molecule has 0 amide bonds. The van der Waals surface area contributed by atoms with E-state index in [9.17, 15) is 14.3 Å². The van der Waals surface area contributed by atoms with Crippen LogP contribution in [0.1, 0.15) is 11.5 Å². The van der Waals surface area contributed by atoms with Gasteiger partial charge in [-0.05, 0) is 31.2 Å². The Hall–Kier alpha value is -2.34. The van der Waals surface area contributed by atoms with Gasteiger partial charge >= 0.3 is 0 Å². The van der Waals surface area contributed by atoms with Crippen molar-refractivity contribution in [1.29, 1.82) is 0 Å². The van der Waals surface area contributed by atoms with Crippen molar-refractivity contribution in [3.63, 3.8) is 0 Å². The zero-order valence-electron chi connectivity index (χ0n) is 13.0. The van der Waals surface area contributed by atoms with E-state index in [4.69, 9.17) is 4.42 Å². The molecule has 0 aliphatic carbocycles. The molecule has 122 valence electrons. The topological polar surface area (TPSA) is 56.9 Å². The summed E-state index contributed by atoms with van der Waals surface area (Å²) >= 11 is 0. The van der Waals surface area contributed by atoms with Gasteiger partial charge in [-0.2, -0.15) is 0 Å². The van der Waals surface area contributed by atoms with E-state index in [0.717, 1.165) is 31.9 Å². The lowest BCUT2D eigenvalue weighted by molar-refractivity contribution is 0.220. The first kappa shape index (κ1) is 15.6. The number of anilines is 1. The molecular weight excluding hydrogens is 299 g/mol. The maximum atomic E-state index is 13.0. The summed E-state index contributed by atoms with van der Waals surface area (Å²) in [5, 5.41) is 9.83. The smallest absolute Gasteiger partial charge is 0.227 e. The van der Waals surface area contributed by atoms with E-state index in [1.807, 2.05) is 0 Å². The van der Waals surface area contributed by atoms with E-state index in [2.05, 4.69) is 9.80 Å². The van der Waals surface area contributed by atoms with Crippen molar-refractivity contribution >= 4 is 5.69 Å². The summed E-state index contributed by atoms with van der Waals surface area (Å²) < 4.78 is 18.4. The standard InChI is InChI=1S/C17H19FN2O3/c1-12-10-15(21)17(22)16(23-12)11-19-6-8-20(9-7-19)14-4-2-13(18)3-5-14/h2-5,10,22H,6-9,11H2,1H3. The number of nitrogens with zero attached hydrogens (tertiary/aromatic N) is 2. The van der Waals surface area contributed by atoms with Gasteiger partial charge in [0.1, 0.15) is 11.6 Å². The molecule has 1 aromatic heterocycles. The summed E-state index contributed by atoms with van der Waals surface area (Å²) in [6.45, 7) is 5.23. The molecule has 1 fully saturated rings. The monoisotopic (exact) mass is 318 g/mol. The average Bonchev–Trinajstić information content (AvgIpc) is 2.54. The second-order valence-electron chi connectivity index (χ2n) is 5.73. The fourth-order valence-corrected chi connectivity index (χ4v) is 2.79. The van der Waals surface area contributed by atoms with Crippen LogP contribution in [-0.2, 0) is 6.54 Å². The number of aryl methyl sites for hydroxylation is 1. The van der Waals surface area contributed by atoms with E-state index in [-0.39, 0.29) is 11.6 Å². The van der Waals surface area contributed by atoms with Gasteiger partial charge < -0.3 is 14.4 Å². The van der Waals surface area contributed by atoms with Crippen LogP contribution in [-0.4, -0.2) is 36.2 Å². The molecule has 1 aliphatic rings. The van der Waals surface area contributed by atoms with E-state index in [1.165, 1.54) is 18.2 Å². The summed E-state index contributed by atoms with van der Waals surface area (Å²) in [7, 11) is 0. The number of aromatic hydroxyl groups is 1. The molecule has 0 saturated carbocycles. The molecule has 0 radical (unpaired) electrons. The number of piperazine rings is 1. The quantitative estimate of drug-likeness (QED) is 0.939. The predicted molar refractivity (Wildman–Crippen MR) is 85.3 cm³/mol. The minimum atomic E-state index is -0.409. The van der Waals surface area contributed by atoms with Crippen LogP contribution in [0.2, 0.25) is 0 Å². The molecule has 0 unspecified atom stereocenters. The SMILES string of the molecule is Cc1cc(=O)c(O)c(CN2CCN(c3ccc(F)cc3)CC2)o1. The average molecular weight is 318 g/mol. The normalized spacial score (nSPS) is 15.8. The lowest BCUT2D eigenvalue weighted by Crippen LogP contribution is -2.46. The third-order valence-electron chi connectivity index (χ3n) is 4.05. The van der Waals surface area contributed by atoms with Crippen LogP contribution < -0.4 is 10.3 Å². The Morgan fingerprint density at radius 1 is 1.17 bits per heavy atom. The van der Waals surface area contributed by atoms with Crippen molar-refractivity contribution < 1.29 is 13.9 Å². The van der Waals surface area contributed by atoms with E-state index in [1.54, 1.807) is 19.1 Å². The molecule has 2 heterocycles. The van der Waals surface area contributed by atoms with Crippen LogP contribution in [0.25, 0.3) is 0 Å². The molecule has 1 saturated heterocycles. The Bertz CT molecular complexity index is 734. The number of rotatable bonds is 3. The summed E-state index contributed by atoms with van der Waals surface area (Å²) in [5.74, 6) is 0.256. The van der Waals surface area contributed by atoms with Gasteiger partial charge in [-0.25, -0.2) is 4.39 Å². The predicted octanol–water partition coefficient (Wildman–Crippen LogP) is 2.12. The molecule has 1 aromatic carbocycles.